The molecule has 1 aliphatic heterocycles. The molecule has 1 aromatic carbocycles. The van der Waals surface area contributed by atoms with E-state index < -0.39 is 72.2 Å². The fraction of sp³-hybridized carbons (Fsp3) is 0.618. The van der Waals surface area contributed by atoms with Crippen LogP contribution in [-0.2, 0) is 33.5 Å². The van der Waals surface area contributed by atoms with Crippen molar-refractivity contribution in [3.05, 3.63) is 35.9 Å². The topological polar surface area (TPSA) is 221 Å². The number of carbonyl (C=O) groups excluding carboxylic acids is 6. The zero-order valence-electron chi connectivity index (χ0n) is 29.0. The fourth-order valence-corrected chi connectivity index (χ4v) is 5.33. The van der Waals surface area contributed by atoms with Gasteiger partial charge in [0.05, 0.1) is 19.2 Å². The smallest absolute Gasteiger partial charge is 0.407 e. The summed E-state index contributed by atoms with van der Waals surface area (Å²) in [4.78, 5) is 89.9. The monoisotopic (exact) mass is 688 g/mol. The molecule has 15 heteroatoms. The molecule has 0 bridgehead atoms. The Morgan fingerprint density at radius 3 is 2.06 bits per heavy atom. The molecular weight excluding hydrogens is 636 g/mol. The van der Waals surface area contributed by atoms with Crippen LogP contribution in [0.1, 0.15) is 78.3 Å². The molecule has 49 heavy (non-hydrogen) atoms. The highest BCUT2D eigenvalue weighted by atomic mass is 16.5. The van der Waals surface area contributed by atoms with Gasteiger partial charge in [-0.05, 0) is 62.1 Å². The number of ketones is 1. The van der Waals surface area contributed by atoms with Crippen LogP contribution < -0.4 is 31.9 Å². The number of rotatable bonds is 19. The number of carbonyl (C=O) groups is 7. The van der Waals surface area contributed by atoms with Gasteiger partial charge in [-0.3, -0.25) is 24.0 Å². The van der Waals surface area contributed by atoms with Crippen molar-refractivity contribution in [2.24, 2.45) is 17.8 Å². The van der Waals surface area contributed by atoms with Gasteiger partial charge in [-0.25, -0.2) is 9.59 Å². The molecule has 1 fully saturated rings. The van der Waals surface area contributed by atoms with Crippen LogP contribution in [0.15, 0.2) is 30.3 Å². The van der Waals surface area contributed by atoms with Crippen molar-refractivity contribution in [3.63, 3.8) is 0 Å². The molecule has 15 nitrogen and oxygen atoms in total. The van der Waals surface area contributed by atoms with Crippen LogP contribution in [0.3, 0.4) is 0 Å². The molecule has 0 aliphatic carbocycles. The first kappa shape index (κ1) is 40.6. The van der Waals surface area contributed by atoms with Gasteiger partial charge in [0.15, 0.2) is 6.04 Å². The van der Waals surface area contributed by atoms with Crippen molar-refractivity contribution in [2.75, 3.05) is 26.2 Å². The standard InChI is InChI=1S/C34H52N6O9/c1-6-10-24(29(42)32(45)36-18-26(41)39-28(33(46)47)22-11-8-7-9-12-22)37-30(43)25(17-20(2)3)38-31(44)27(23-13-15-35-16-14-23)40-34(48)49-19-21(4)5/h7-9,11-12,20-21,23-25,27-28,35H,6,10,13-19H2,1-5H3,(H,36,45)(H,37,43)(H,38,44)(H,39,41)(H,40,48)(H,46,47)/t24?,25-,27-,28-/m0/s1. The van der Waals surface area contributed by atoms with E-state index in [0.717, 1.165) is 0 Å². The minimum absolute atomic E-state index is 0.0509. The van der Waals surface area contributed by atoms with Gasteiger partial charge in [0.1, 0.15) is 12.1 Å². The number of carboxylic acid groups (broad SMARTS) is 1. The molecule has 1 saturated heterocycles. The third-order valence-electron chi connectivity index (χ3n) is 7.83. The summed E-state index contributed by atoms with van der Waals surface area (Å²) in [5.74, 6) is -5.69. The lowest BCUT2D eigenvalue weighted by atomic mass is 9.89. The maximum Gasteiger partial charge on any atom is 0.407 e. The third kappa shape index (κ3) is 14.2. The molecule has 2 rings (SSSR count). The average molecular weight is 689 g/mol. The number of hydrogen-bond acceptors (Lipinski definition) is 9. The lowest BCUT2D eigenvalue weighted by Gasteiger charge is -2.32. The van der Waals surface area contributed by atoms with Gasteiger partial charge in [-0.15, -0.1) is 0 Å². The van der Waals surface area contributed by atoms with Gasteiger partial charge in [0.25, 0.3) is 5.91 Å². The van der Waals surface area contributed by atoms with Crippen molar-refractivity contribution in [3.8, 4) is 0 Å². The molecule has 4 atom stereocenters. The Balaban J connectivity index is 2.10. The summed E-state index contributed by atoms with van der Waals surface area (Å²) < 4.78 is 5.25. The van der Waals surface area contributed by atoms with Crippen LogP contribution >= 0.6 is 0 Å². The molecule has 1 aliphatic rings. The second kappa shape index (κ2) is 20.8. The normalized spacial score (nSPS) is 15.7. The summed E-state index contributed by atoms with van der Waals surface area (Å²) in [6, 6.07) is 3.31. The first-order valence-electron chi connectivity index (χ1n) is 16.9. The fourth-order valence-electron chi connectivity index (χ4n) is 5.33. The quantitative estimate of drug-likeness (QED) is 0.103. The number of aliphatic carboxylic acids is 1. The Labute approximate surface area is 287 Å². The molecule has 272 valence electrons. The lowest BCUT2D eigenvalue weighted by Crippen LogP contribution is -2.59. The average Bonchev–Trinajstić information content (AvgIpc) is 3.07. The Bertz CT molecular complexity index is 1280. The first-order valence-corrected chi connectivity index (χ1v) is 16.9. The molecule has 0 saturated carbocycles. The van der Waals surface area contributed by atoms with Crippen molar-refractivity contribution in [1.29, 1.82) is 0 Å². The molecular formula is C34H52N6O9. The number of alkyl carbamates (subject to hydrolysis) is 1. The number of piperidine rings is 1. The molecule has 0 aromatic heterocycles. The van der Waals surface area contributed by atoms with Crippen LogP contribution in [0.2, 0.25) is 0 Å². The van der Waals surface area contributed by atoms with Crippen molar-refractivity contribution < 1.29 is 43.4 Å². The molecule has 7 N–H and O–H groups in total. The predicted molar refractivity (Wildman–Crippen MR) is 180 cm³/mol. The van der Waals surface area contributed by atoms with E-state index in [4.69, 9.17) is 4.74 Å². The Morgan fingerprint density at radius 2 is 1.49 bits per heavy atom. The summed E-state index contributed by atoms with van der Waals surface area (Å²) >= 11 is 0. The molecule has 1 heterocycles. The highest BCUT2D eigenvalue weighted by Crippen LogP contribution is 2.18. The van der Waals surface area contributed by atoms with Gasteiger partial charge < -0.3 is 41.7 Å². The van der Waals surface area contributed by atoms with Gasteiger partial charge in [-0.1, -0.05) is 71.4 Å². The van der Waals surface area contributed by atoms with Crippen molar-refractivity contribution in [1.82, 2.24) is 31.9 Å². The highest BCUT2D eigenvalue weighted by Gasteiger charge is 2.35. The number of benzene rings is 1. The van der Waals surface area contributed by atoms with Crippen LogP contribution in [-0.4, -0.2) is 90.9 Å². The number of Topliss-reactive ketones (excluding diaryl/α,β-unsaturated/α-hetero) is 1. The second-order valence-corrected chi connectivity index (χ2v) is 13.0. The number of nitrogens with one attached hydrogen (secondary N) is 6. The minimum atomic E-state index is -1.36. The maximum absolute atomic E-state index is 13.6. The van der Waals surface area contributed by atoms with Crippen molar-refractivity contribution in [2.45, 2.75) is 90.9 Å². The Hall–Kier alpha value is -4.53. The highest BCUT2D eigenvalue weighted by molar-refractivity contribution is 6.38. The second-order valence-electron chi connectivity index (χ2n) is 13.0. The van der Waals surface area contributed by atoms with Gasteiger partial charge in [0, 0.05) is 0 Å². The Morgan fingerprint density at radius 1 is 0.857 bits per heavy atom. The van der Waals surface area contributed by atoms with Gasteiger partial charge in [-0.2, -0.15) is 0 Å². The largest absolute Gasteiger partial charge is 0.479 e. The van der Waals surface area contributed by atoms with Crippen LogP contribution in [0.4, 0.5) is 4.79 Å². The number of ether oxygens (including phenoxy) is 1. The third-order valence-corrected chi connectivity index (χ3v) is 7.83. The molecule has 0 radical (unpaired) electrons. The minimum Gasteiger partial charge on any atom is -0.479 e. The molecule has 5 amide bonds. The zero-order valence-corrected chi connectivity index (χ0v) is 29.0. The van der Waals surface area contributed by atoms with Crippen molar-refractivity contribution >= 4 is 41.5 Å². The molecule has 0 spiro atoms. The summed E-state index contributed by atoms with van der Waals surface area (Å²) in [6.07, 6.45) is 1.23. The van der Waals surface area contributed by atoms with Gasteiger partial charge in [0.2, 0.25) is 23.5 Å². The zero-order chi connectivity index (χ0) is 36.5. The van der Waals surface area contributed by atoms with E-state index >= 15 is 0 Å². The number of carboxylic acids is 1. The van der Waals surface area contributed by atoms with Gasteiger partial charge >= 0.3 is 12.1 Å². The number of hydrogen-bond donors (Lipinski definition) is 7. The summed E-state index contributed by atoms with van der Waals surface area (Å²) in [5, 5.41) is 25.3. The summed E-state index contributed by atoms with van der Waals surface area (Å²) in [7, 11) is 0. The van der Waals surface area contributed by atoms with Crippen LogP contribution in [0.5, 0.6) is 0 Å². The van der Waals surface area contributed by atoms with E-state index in [0.29, 0.717) is 37.9 Å². The van der Waals surface area contributed by atoms with E-state index in [9.17, 15) is 38.7 Å². The summed E-state index contributed by atoms with van der Waals surface area (Å²) in [6.45, 7) is 10.1. The van der Waals surface area contributed by atoms with E-state index in [1.807, 2.05) is 27.7 Å². The predicted octanol–water partition coefficient (Wildman–Crippen LogP) is 1.18. The van der Waals surface area contributed by atoms with E-state index in [1.165, 1.54) is 12.1 Å². The Kier molecular flexibility index (Phi) is 17.2. The van der Waals surface area contributed by atoms with E-state index in [1.54, 1.807) is 25.1 Å². The van der Waals surface area contributed by atoms with E-state index in [-0.39, 0.29) is 37.2 Å². The van der Waals surface area contributed by atoms with Crippen LogP contribution in [0.25, 0.3) is 0 Å². The number of amides is 5. The van der Waals surface area contributed by atoms with Crippen LogP contribution in [0, 0.1) is 17.8 Å². The lowest BCUT2D eigenvalue weighted by molar-refractivity contribution is -0.142. The maximum atomic E-state index is 13.6. The van der Waals surface area contributed by atoms with E-state index in [2.05, 4.69) is 31.9 Å². The molecule has 1 aromatic rings. The summed E-state index contributed by atoms with van der Waals surface area (Å²) in [5.41, 5.74) is 0.323. The molecule has 1 unspecified atom stereocenters. The first-order chi connectivity index (χ1) is 23.2. The SMILES string of the molecule is CCCC(NC(=O)[C@H](CC(C)C)NC(=O)[C@@H](NC(=O)OCC(C)C)C1CCNCC1)C(=O)C(=O)NCC(=O)N[C@H](C(=O)O)c1ccccc1.